The van der Waals surface area contributed by atoms with E-state index in [4.69, 9.17) is 4.74 Å². The van der Waals surface area contributed by atoms with Gasteiger partial charge in [0.1, 0.15) is 5.60 Å². The molecule has 1 unspecified atom stereocenters. The maximum Gasteiger partial charge on any atom is 0.410 e. The van der Waals surface area contributed by atoms with Crippen LogP contribution in [-0.2, 0) is 4.74 Å². The minimum atomic E-state index is -0.391. The predicted octanol–water partition coefficient (Wildman–Crippen LogP) is 3.41. The molecule has 1 amide bonds. The lowest BCUT2D eigenvalue weighted by Gasteiger charge is -2.27. The number of nitrogens with one attached hydrogen (secondary N) is 1. The summed E-state index contributed by atoms with van der Waals surface area (Å²) < 4.78 is 5.50. The van der Waals surface area contributed by atoms with E-state index in [0.29, 0.717) is 0 Å². The molecule has 0 radical (unpaired) electrons. The SMILES string of the molecule is CC(C)(C)OC(=O)N1CCCC(CC2CCNCC2)CC1. The lowest BCUT2D eigenvalue weighted by Crippen LogP contribution is -2.37. The third-order valence-corrected chi connectivity index (χ3v) is 4.62. The second-order valence-electron chi connectivity index (χ2n) is 7.69. The summed E-state index contributed by atoms with van der Waals surface area (Å²) in [6, 6.07) is 0. The first-order valence-corrected chi connectivity index (χ1v) is 8.63. The van der Waals surface area contributed by atoms with E-state index in [-0.39, 0.29) is 6.09 Å². The third kappa shape index (κ3) is 5.85. The zero-order valence-corrected chi connectivity index (χ0v) is 14.0. The number of hydrogen-bond acceptors (Lipinski definition) is 3. The van der Waals surface area contributed by atoms with Gasteiger partial charge >= 0.3 is 6.09 Å². The van der Waals surface area contributed by atoms with Crippen LogP contribution >= 0.6 is 0 Å². The van der Waals surface area contributed by atoms with Crippen molar-refractivity contribution in [1.82, 2.24) is 10.2 Å². The van der Waals surface area contributed by atoms with Gasteiger partial charge in [-0.3, -0.25) is 0 Å². The van der Waals surface area contributed by atoms with E-state index < -0.39 is 5.60 Å². The Morgan fingerprint density at radius 1 is 1.10 bits per heavy atom. The molecular formula is C17H32N2O2. The van der Waals surface area contributed by atoms with Gasteiger partial charge in [0, 0.05) is 13.1 Å². The smallest absolute Gasteiger partial charge is 0.410 e. The van der Waals surface area contributed by atoms with Crippen molar-refractivity contribution in [2.24, 2.45) is 11.8 Å². The molecule has 0 saturated carbocycles. The highest BCUT2D eigenvalue weighted by molar-refractivity contribution is 5.68. The van der Waals surface area contributed by atoms with E-state index in [1.165, 1.54) is 38.8 Å². The molecule has 0 aromatic heterocycles. The minimum absolute atomic E-state index is 0.134. The Labute approximate surface area is 129 Å². The first kappa shape index (κ1) is 16.6. The molecule has 2 rings (SSSR count). The molecule has 2 aliphatic heterocycles. The Hall–Kier alpha value is -0.770. The Kier molecular flexibility index (Phi) is 5.91. The van der Waals surface area contributed by atoms with Crippen molar-refractivity contribution in [3.8, 4) is 0 Å². The van der Waals surface area contributed by atoms with E-state index in [2.05, 4.69) is 5.32 Å². The van der Waals surface area contributed by atoms with Crippen LogP contribution in [0.25, 0.3) is 0 Å². The molecule has 0 aliphatic carbocycles. The summed E-state index contributed by atoms with van der Waals surface area (Å²) >= 11 is 0. The number of nitrogens with zero attached hydrogens (tertiary/aromatic N) is 1. The molecule has 122 valence electrons. The highest BCUT2D eigenvalue weighted by Gasteiger charge is 2.26. The summed E-state index contributed by atoms with van der Waals surface area (Å²) in [5.74, 6) is 1.69. The van der Waals surface area contributed by atoms with E-state index >= 15 is 0 Å². The van der Waals surface area contributed by atoms with E-state index in [0.717, 1.165) is 37.8 Å². The fourth-order valence-electron chi connectivity index (χ4n) is 3.50. The minimum Gasteiger partial charge on any atom is -0.444 e. The van der Waals surface area contributed by atoms with Gasteiger partial charge < -0.3 is 15.0 Å². The predicted molar refractivity (Wildman–Crippen MR) is 85.4 cm³/mol. The highest BCUT2D eigenvalue weighted by Crippen LogP contribution is 2.28. The number of amides is 1. The van der Waals surface area contributed by atoms with Crippen molar-refractivity contribution in [3.63, 3.8) is 0 Å². The molecular weight excluding hydrogens is 264 g/mol. The van der Waals surface area contributed by atoms with E-state index in [9.17, 15) is 4.79 Å². The van der Waals surface area contributed by atoms with Gasteiger partial charge in [-0.15, -0.1) is 0 Å². The molecule has 2 heterocycles. The summed E-state index contributed by atoms with van der Waals surface area (Å²) in [5, 5.41) is 3.44. The second kappa shape index (κ2) is 7.48. The van der Waals surface area contributed by atoms with E-state index in [1.54, 1.807) is 0 Å². The molecule has 2 saturated heterocycles. The van der Waals surface area contributed by atoms with Gasteiger partial charge in [0.15, 0.2) is 0 Å². The summed E-state index contributed by atoms with van der Waals surface area (Å²) in [4.78, 5) is 14.1. The van der Waals surface area contributed by atoms with Gasteiger partial charge in [0.25, 0.3) is 0 Å². The average molecular weight is 296 g/mol. The van der Waals surface area contributed by atoms with Crippen molar-refractivity contribution in [2.75, 3.05) is 26.2 Å². The van der Waals surface area contributed by atoms with Gasteiger partial charge in [-0.05, 0) is 84.2 Å². The van der Waals surface area contributed by atoms with Crippen LogP contribution in [0, 0.1) is 11.8 Å². The zero-order valence-electron chi connectivity index (χ0n) is 14.0. The molecule has 21 heavy (non-hydrogen) atoms. The van der Waals surface area contributed by atoms with Crippen LogP contribution in [0.1, 0.15) is 59.3 Å². The van der Waals surface area contributed by atoms with Crippen LogP contribution in [0.2, 0.25) is 0 Å². The van der Waals surface area contributed by atoms with Crippen molar-refractivity contribution in [2.45, 2.75) is 64.9 Å². The summed E-state index contributed by atoms with van der Waals surface area (Å²) in [7, 11) is 0. The zero-order chi connectivity index (χ0) is 15.3. The van der Waals surface area contributed by atoms with E-state index in [1.807, 2.05) is 25.7 Å². The van der Waals surface area contributed by atoms with Crippen molar-refractivity contribution < 1.29 is 9.53 Å². The summed E-state index contributed by atoms with van der Waals surface area (Å²) in [5.41, 5.74) is -0.391. The number of piperidine rings is 1. The largest absolute Gasteiger partial charge is 0.444 e. The Morgan fingerprint density at radius 3 is 2.43 bits per heavy atom. The van der Waals surface area contributed by atoms with Crippen molar-refractivity contribution in [1.29, 1.82) is 0 Å². The number of hydrogen-bond donors (Lipinski definition) is 1. The molecule has 0 bridgehead atoms. The maximum atomic E-state index is 12.2. The normalized spacial score (nSPS) is 25.5. The fraction of sp³-hybridized carbons (Fsp3) is 0.941. The number of ether oxygens (including phenoxy) is 1. The quantitative estimate of drug-likeness (QED) is 0.849. The molecule has 4 heteroatoms. The van der Waals surface area contributed by atoms with Crippen LogP contribution in [0.3, 0.4) is 0 Å². The van der Waals surface area contributed by atoms with Crippen LogP contribution in [0.15, 0.2) is 0 Å². The topological polar surface area (TPSA) is 41.6 Å². The van der Waals surface area contributed by atoms with Crippen LogP contribution in [-0.4, -0.2) is 42.8 Å². The second-order valence-corrected chi connectivity index (χ2v) is 7.69. The fourth-order valence-corrected chi connectivity index (χ4v) is 3.50. The summed E-state index contributed by atoms with van der Waals surface area (Å²) in [6.45, 7) is 9.89. The Balaban J connectivity index is 1.77. The Morgan fingerprint density at radius 2 is 1.76 bits per heavy atom. The van der Waals surface area contributed by atoms with Crippen LogP contribution in [0.5, 0.6) is 0 Å². The molecule has 2 fully saturated rings. The van der Waals surface area contributed by atoms with Gasteiger partial charge in [0.2, 0.25) is 0 Å². The van der Waals surface area contributed by atoms with Crippen LogP contribution in [0.4, 0.5) is 4.79 Å². The van der Waals surface area contributed by atoms with Gasteiger partial charge in [0.05, 0.1) is 0 Å². The molecule has 0 aromatic rings. The van der Waals surface area contributed by atoms with Gasteiger partial charge in [-0.1, -0.05) is 0 Å². The molecule has 2 aliphatic rings. The summed E-state index contributed by atoms with van der Waals surface area (Å²) in [6.07, 6.45) is 7.40. The average Bonchev–Trinajstić information content (AvgIpc) is 2.64. The first-order valence-electron chi connectivity index (χ1n) is 8.63. The lowest BCUT2D eigenvalue weighted by molar-refractivity contribution is 0.0254. The Bertz CT molecular complexity index is 332. The number of carbonyl (C=O) groups excluding carboxylic acids is 1. The van der Waals surface area contributed by atoms with Crippen LogP contribution < -0.4 is 5.32 Å². The number of likely N-dealkylation sites (tertiary alicyclic amines) is 1. The molecule has 0 spiro atoms. The van der Waals surface area contributed by atoms with Gasteiger partial charge in [-0.2, -0.15) is 0 Å². The van der Waals surface area contributed by atoms with Gasteiger partial charge in [-0.25, -0.2) is 4.79 Å². The molecule has 1 N–H and O–H groups in total. The molecule has 4 nitrogen and oxygen atoms in total. The number of carbonyl (C=O) groups is 1. The first-order chi connectivity index (χ1) is 9.94. The molecule has 0 aromatic carbocycles. The standard InChI is InChI=1S/C17H32N2O2/c1-17(2,3)21-16(20)19-11-4-5-14(8-12-19)13-15-6-9-18-10-7-15/h14-15,18H,4-13H2,1-3H3. The van der Waals surface area contributed by atoms with Crippen molar-refractivity contribution in [3.05, 3.63) is 0 Å². The highest BCUT2D eigenvalue weighted by atomic mass is 16.6. The maximum absolute atomic E-state index is 12.2. The third-order valence-electron chi connectivity index (χ3n) is 4.62. The monoisotopic (exact) mass is 296 g/mol. The number of rotatable bonds is 2. The van der Waals surface area contributed by atoms with Crippen molar-refractivity contribution >= 4 is 6.09 Å². The lowest BCUT2D eigenvalue weighted by atomic mass is 9.84. The molecule has 1 atom stereocenters.